The van der Waals surface area contributed by atoms with Crippen LogP contribution in [0.25, 0.3) is 22.6 Å². The van der Waals surface area contributed by atoms with Crippen molar-refractivity contribution in [3.63, 3.8) is 0 Å². The summed E-state index contributed by atoms with van der Waals surface area (Å²) in [5.41, 5.74) is 2.41. The Bertz CT molecular complexity index is 994. The minimum absolute atomic E-state index is 0.109. The molecule has 0 atom stereocenters. The highest BCUT2D eigenvalue weighted by Gasteiger charge is 2.15. The number of aromatic amines is 1. The normalized spacial score (nSPS) is 11.0. The fourth-order valence-electron chi connectivity index (χ4n) is 2.50. The van der Waals surface area contributed by atoms with Crippen molar-refractivity contribution in [2.45, 2.75) is 6.42 Å². The summed E-state index contributed by atoms with van der Waals surface area (Å²) in [6.45, 7) is 0. The van der Waals surface area contributed by atoms with Crippen LogP contribution in [0.1, 0.15) is 11.5 Å². The van der Waals surface area contributed by atoms with E-state index in [1.807, 2.05) is 0 Å². The maximum atomic E-state index is 14.5. The fourth-order valence-corrected chi connectivity index (χ4v) is 2.50. The van der Waals surface area contributed by atoms with Gasteiger partial charge in [-0.15, -0.1) is 0 Å². The Balaban J connectivity index is 1.60. The van der Waals surface area contributed by atoms with Gasteiger partial charge < -0.3 is 4.52 Å². The summed E-state index contributed by atoms with van der Waals surface area (Å²) >= 11 is 0. The molecule has 0 saturated heterocycles. The predicted molar refractivity (Wildman–Crippen MR) is 86.5 cm³/mol. The minimum atomic E-state index is -0.487. The molecular formula is C18H12F2N4O. The lowest BCUT2D eigenvalue weighted by molar-refractivity contribution is 0.421. The molecule has 124 valence electrons. The van der Waals surface area contributed by atoms with Crippen molar-refractivity contribution in [1.82, 2.24) is 20.3 Å². The maximum Gasteiger partial charge on any atom is 0.260 e. The third-order valence-corrected chi connectivity index (χ3v) is 3.75. The van der Waals surface area contributed by atoms with E-state index in [1.165, 1.54) is 18.2 Å². The van der Waals surface area contributed by atoms with Crippen molar-refractivity contribution >= 4 is 0 Å². The van der Waals surface area contributed by atoms with E-state index >= 15 is 0 Å². The summed E-state index contributed by atoms with van der Waals surface area (Å²) in [7, 11) is 0. The fraction of sp³-hybridized carbons (Fsp3) is 0.0556. The maximum absolute atomic E-state index is 14.5. The molecule has 0 aliphatic rings. The molecule has 1 N–H and O–H groups in total. The van der Waals surface area contributed by atoms with Gasteiger partial charge in [-0.3, -0.25) is 5.10 Å². The summed E-state index contributed by atoms with van der Waals surface area (Å²) in [4.78, 5) is 4.22. The average Bonchev–Trinajstić information content (AvgIpc) is 3.28. The Morgan fingerprint density at radius 3 is 2.48 bits per heavy atom. The number of hydrogen-bond acceptors (Lipinski definition) is 4. The monoisotopic (exact) mass is 338 g/mol. The zero-order chi connectivity index (χ0) is 17.2. The average molecular weight is 338 g/mol. The van der Waals surface area contributed by atoms with Crippen LogP contribution in [-0.2, 0) is 6.42 Å². The molecule has 2 aromatic carbocycles. The van der Waals surface area contributed by atoms with Crippen LogP contribution in [0.15, 0.2) is 59.3 Å². The first-order chi connectivity index (χ1) is 12.2. The first-order valence-electron chi connectivity index (χ1n) is 7.56. The van der Waals surface area contributed by atoms with Gasteiger partial charge >= 0.3 is 0 Å². The highest BCUT2D eigenvalue weighted by molar-refractivity contribution is 5.67. The first-order valence-corrected chi connectivity index (χ1v) is 7.56. The lowest BCUT2D eigenvalue weighted by Gasteiger charge is -2.04. The van der Waals surface area contributed by atoms with E-state index in [1.54, 1.807) is 36.5 Å². The number of halogens is 2. The number of aromatic nitrogens is 4. The first kappa shape index (κ1) is 15.2. The van der Waals surface area contributed by atoms with Gasteiger partial charge in [-0.25, -0.2) is 8.78 Å². The van der Waals surface area contributed by atoms with E-state index < -0.39 is 5.82 Å². The van der Waals surface area contributed by atoms with Gasteiger partial charge in [0, 0.05) is 11.9 Å². The molecule has 0 aliphatic carbocycles. The molecule has 0 spiro atoms. The van der Waals surface area contributed by atoms with E-state index in [-0.39, 0.29) is 17.3 Å². The van der Waals surface area contributed by atoms with Gasteiger partial charge in [0.2, 0.25) is 0 Å². The molecule has 0 unspecified atom stereocenters. The molecule has 0 bridgehead atoms. The van der Waals surface area contributed by atoms with Gasteiger partial charge in [-0.05, 0) is 41.5 Å². The second-order valence-electron chi connectivity index (χ2n) is 5.48. The third-order valence-electron chi connectivity index (χ3n) is 3.75. The number of nitrogens with zero attached hydrogens (tertiary/aromatic N) is 3. The number of nitrogens with one attached hydrogen (secondary N) is 1. The molecule has 4 aromatic rings. The highest BCUT2D eigenvalue weighted by Crippen LogP contribution is 2.27. The zero-order valence-electron chi connectivity index (χ0n) is 12.9. The van der Waals surface area contributed by atoms with Gasteiger partial charge in [-0.1, -0.05) is 23.4 Å². The van der Waals surface area contributed by atoms with Crippen molar-refractivity contribution < 1.29 is 13.3 Å². The van der Waals surface area contributed by atoms with Gasteiger partial charge in [0.15, 0.2) is 5.82 Å². The number of rotatable bonds is 4. The minimum Gasteiger partial charge on any atom is -0.334 e. The third kappa shape index (κ3) is 3.16. The lowest BCUT2D eigenvalue weighted by atomic mass is 10.0. The SMILES string of the molecule is Fc1ccc(-c2ccc(-c3nc(Cc4ccn[nH]4)no3)c(F)c2)cc1. The molecule has 4 rings (SSSR count). The topological polar surface area (TPSA) is 67.6 Å². The van der Waals surface area contributed by atoms with E-state index in [2.05, 4.69) is 20.3 Å². The highest BCUT2D eigenvalue weighted by atomic mass is 19.1. The van der Waals surface area contributed by atoms with E-state index in [9.17, 15) is 8.78 Å². The second kappa shape index (κ2) is 6.27. The zero-order valence-corrected chi connectivity index (χ0v) is 12.9. The largest absolute Gasteiger partial charge is 0.334 e. The van der Waals surface area contributed by atoms with Gasteiger partial charge in [0.1, 0.15) is 11.6 Å². The molecule has 2 aromatic heterocycles. The van der Waals surface area contributed by atoms with Crippen LogP contribution in [-0.4, -0.2) is 20.3 Å². The molecule has 0 radical (unpaired) electrons. The summed E-state index contributed by atoms with van der Waals surface area (Å²) in [5, 5.41) is 10.5. The number of H-pyrrole nitrogens is 1. The van der Waals surface area contributed by atoms with E-state index in [4.69, 9.17) is 4.52 Å². The van der Waals surface area contributed by atoms with Crippen molar-refractivity contribution in [3.05, 3.63) is 77.9 Å². The van der Waals surface area contributed by atoms with Crippen molar-refractivity contribution in [2.75, 3.05) is 0 Å². The Morgan fingerprint density at radius 2 is 1.76 bits per heavy atom. The van der Waals surface area contributed by atoms with Gasteiger partial charge in [0.05, 0.1) is 12.0 Å². The quantitative estimate of drug-likeness (QED) is 0.611. The lowest BCUT2D eigenvalue weighted by Crippen LogP contribution is -1.92. The van der Waals surface area contributed by atoms with E-state index in [0.29, 0.717) is 17.8 Å². The smallest absolute Gasteiger partial charge is 0.260 e. The van der Waals surface area contributed by atoms with Crippen LogP contribution in [0.3, 0.4) is 0 Å². The van der Waals surface area contributed by atoms with Crippen LogP contribution in [0.4, 0.5) is 8.78 Å². The van der Waals surface area contributed by atoms with Crippen LogP contribution in [0.5, 0.6) is 0 Å². The molecule has 0 amide bonds. The summed E-state index contributed by atoms with van der Waals surface area (Å²) in [6, 6.07) is 12.3. The molecule has 5 nitrogen and oxygen atoms in total. The van der Waals surface area contributed by atoms with Crippen LogP contribution < -0.4 is 0 Å². The van der Waals surface area contributed by atoms with Crippen LogP contribution in [0, 0.1) is 11.6 Å². The van der Waals surface area contributed by atoms with Crippen molar-refractivity contribution in [3.8, 4) is 22.6 Å². The Labute approximate surface area is 141 Å². The molecular weight excluding hydrogens is 326 g/mol. The summed E-state index contributed by atoms with van der Waals surface area (Å²) in [5.74, 6) is -0.283. The standard InChI is InChI=1S/C18H12F2N4O/c19-13-4-1-11(2-5-13)12-3-6-15(16(20)9-12)18-22-17(24-25-18)10-14-7-8-21-23-14/h1-9H,10H2,(H,21,23). The number of benzene rings is 2. The van der Waals surface area contributed by atoms with Gasteiger partial charge in [0.25, 0.3) is 5.89 Å². The Kier molecular flexibility index (Phi) is 3.81. The van der Waals surface area contributed by atoms with Crippen molar-refractivity contribution in [1.29, 1.82) is 0 Å². The predicted octanol–water partition coefficient (Wildman–Crippen LogP) is 4.00. The molecule has 0 aliphatic heterocycles. The molecule has 0 fully saturated rings. The van der Waals surface area contributed by atoms with E-state index in [0.717, 1.165) is 11.3 Å². The second-order valence-corrected chi connectivity index (χ2v) is 5.48. The van der Waals surface area contributed by atoms with Crippen molar-refractivity contribution in [2.24, 2.45) is 0 Å². The summed E-state index contributed by atoms with van der Waals surface area (Å²) in [6.07, 6.45) is 2.04. The van der Waals surface area contributed by atoms with Crippen LogP contribution in [0.2, 0.25) is 0 Å². The van der Waals surface area contributed by atoms with Crippen LogP contribution >= 0.6 is 0 Å². The Morgan fingerprint density at radius 1 is 0.960 bits per heavy atom. The summed E-state index contributed by atoms with van der Waals surface area (Å²) < 4.78 is 32.6. The molecule has 25 heavy (non-hydrogen) atoms. The molecule has 2 heterocycles. The number of hydrogen-bond donors (Lipinski definition) is 1. The Hall–Kier alpha value is -3.35. The molecule has 7 heteroatoms. The molecule has 0 saturated carbocycles. The van der Waals surface area contributed by atoms with Gasteiger partial charge in [-0.2, -0.15) is 10.1 Å².